The summed E-state index contributed by atoms with van der Waals surface area (Å²) in [5, 5.41) is 0. The number of ether oxygens (including phenoxy) is 1. The van der Waals surface area contributed by atoms with Crippen LogP contribution in [0.25, 0.3) is 0 Å². The summed E-state index contributed by atoms with van der Waals surface area (Å²) in [6, 6.07) is 0. The number of thiocarbonyl (C=S) groups is 1. The van der Waals surface area contributed by atoms with E-state index in [0.717, 1.165) is 4.20 Å². The van der Waals surface area contributed by atoms with Gasteiger partial charge in [0.1, 0.15) is 5.44 Å². The van der Waals surface area contributed by atoms with Gasteiger partial charge in [0.25, 0.3) is 0 Å². The Hall–Kier alpha value is -0.0900. The lowest BCUT2D eigenvalue weighted by Crippen LogP contribution is -2.08. The number of carbonyl (C=O) groups is 1. The standard InChI is InChI=1S/C6H10O2S2/c1-4(7)8-5(2)10-6(3)9/h5H,1-3H3. The van der Waals surface area contributed by atoms with Crippen LogP contribution in [0.4, 0.5) is 0 Å². The lowest BCUT2D eigenvalue weighted by Gasteiger charge is -2.08. The number of hydrogen-bond acceptors (Lipinski definition) is 4. The van der Waals surface area contributed by atoms with E-state index < -0.39 is 0 Å². The third kappa shape index (κ3) is 6.04. The van der Waals surface area contributed by atoms with Gasteiger partial charge in [-0.25, -0.2) is 0 Å². The first-order valence-corrected chi connectivity index (χ1v) is 4.15. The van der Waals surface area contributed by atoms with Crippen LogP contribution in [-0.2, 0) is 9.53 Å². The second-order valence-electron chi connectivity index (χ2n) is 1.79. The van der Waals surface area contributed by atoms with Gasteiger partial charge in [0, 0.05) is 11.1 Å². The highest BCUT2D eigenvalue weighted by atomic mass is 32.2. The second kappa shape index (κ2) is 4.68. The molecule has 10 heavy (non-hydrogen) atoms. The molecule has 0 aliphatic rings. The molecule has 0 N–H and O–H groups in total. The van der Waals surface area contributed by atoms with Gasteiger partial charge in [-0.15, -0.1) is 0 Å². The minimum atomic E-state index is -0.267. The maximum Gasteiger partial charge on any atom is 0.303 e. The Morgan fingerprint density at radius 2 is 2.10 bits per heavy atom. The van der Waals surface area contributed by atoms with E-state index in [1.54, 1.807) is 13.8 Å². The first kappa shape index (κ1) is 9.91. The highest BCUT2D eigenvalue weighted by molar-refractivity contribution is 8.23. The molecule has 0 saturated heterocycles. The molecule has 0 aromatic heterocycles. The molecule has 0 amide bonds. The van der Waals surface area contributed by atoms with E-state index >= 15 is 0 Å². The third-order valence-corrected chi connectivity index (χ3v) is 1.71. The molecule has 0 aliphatic heterocycles. The van der Waals surface area contributed by atoms with Gasteiger partial charge < -0.3 is 4.74 Å². The zero-order chi connectivity index (χ0) is 8.15. The Labute approximate surface area is 70.3 Å². The van der Waals surface area contributed by atoms with E-state index in [1.807, 2.05) is 0 Å². The van der Waals surface area contributed by atoms with Crippen molar-refractivity contribution in [2.75, 3.05) is 0 Å². The molecule has 1 unspecified atom stereocenters. The van der Waals surface area contributed by atoms with E-state index in [0.29, 0.717) is 0 Å². The summed E-state index contributed by atoms with van der Waals surface area (Å²) >= 11 is 6.17. The van der Waals surface area contributed by atoms with Crippen LogP contribution in [0.3, 0.4) is 0 Å². The van der Waals surface area contributed by atoms with Crippen molar-refractivity contribution in [3.63, 3.8) is 0 Å². The van der Waals surface area contributed by atoms with Crippen LogP contribution in [0.15, 0.2) is 0 Å². The SMILES string of the molecule is CC(=O)OC(C)SC(C)=S. The summed E-state index contributed by atoms with van der Waals surface area (Å²) < 4.78 is 5.58. The van der Waals surface area contributed by atoms with Crippen molar-refractivity contribution in [2.45, 2.75) is 26.2 Å². The number of rotatable bonds is 2. The highest BCUT2D eigenvalue weighted by Gasteiger charge is 2.05. The summed E-state index contributed by atoms with van der Waals surface area (Å²) in [5.41, 5.74) is -0.157. The molecule has 1 atom stereocenters. The van der Waals surface area contributed by atoms with Crippen LogP contribution in [0, 0.1) is 0 Å². The van der Waals surface area contributed by atoms with Gasteiger partial charge in [0.15, 0.2) is 0 Å². The van der Waals surface area contributed by atoms with Crippen LogP contribution in [-0.4, -0.2) is 15.6 Å². The molecule has 2 nitrogen and oxygen atoms in total. The molecule has 0 saturated carbocycles. The summed E-state index contributed by atoms with van der Waals surface area (Å²) in [4.78, 5) is 10.4. The van der Waals surface area contributed by atoms with E-state index in [1.165, 1.54) is 18.7 Å². The molecular weight excluding hydrogens is 168 g/mol. The summed E-state index contributed by atoms with van der Waals surface area (Å²) in [7, 11) is 0. The monoisotopic (exact) mass is 178 g/mol. The van der Waals surface area contributed by atoms with Gasteiger partial charge in [-0.2, -0.15) is 0 Å². The fourth-order valence-corrected chi connectivity index (χ4v) is 1.55. The van der Waals surface area contributed by atoms with E-state index in [4.69, 9.17) is 17.0 Å². The average molecular weight is 178 g/mol. The van der Waals surface area contributed by atoms with Crippen molar-refractivity contribution in [2.24, 2.45) is 0 Å². The van der Waals surface area contributed by atoms with E-state index in [9.17, 15) is 4.79 Å². The minimum Gasteiger partial charge on any atom is -0.451 e. The van der Waals surface area contributed by atoms with Crippen molar-refractivity contribution in [3.05, 3.63) is 0 Å². The Balaban J connectivity index is 3.53. The molecule has 0 aromatic carbocycles. The minimum absolute atomic E-state index is 0.157. The third-order valence-electron chi connectivity index (χ3n) is 0.664. The highest BCUT2D eigenvalue weighted by Crippen LogP contribution is 2.13. The summed E-state index contributed by atoms with van der Waals surface area (Å²) in [5.74, 6) is -0.267. The zero-order valence-electron chi connectivity index (χ0n) is 6.21. The normalized spacial score (nSPS) is 12.3. The van der Waals surface area contributed by atoms with Gasteiger partial charge in [-0.1, -0.05) is 24.0 Å². The Morgan fingerprint density at radius 1 is 1.60 bits per heavy atom. The fraction of sp³-hybridized carbons (Fsp3) is 0.667. The maximum atomic E-state index is 10.4. The Morgan fingerprint density at radius 3 is 2.40 bits per heavy atom. The molecule has 0 bridgehead atoms. The quantitative estimate of drug-likeness (QED) is 0.367. The van der Waals surface area contributed by atoms with Crippen molar-refractivity contribution in [3.8, 4) is 0 Å². The van der Waals surface area contributed by atoms with E-state index in [2.05, 4.69) is 0 Å². The number of esters is 1. The topological polar surface area (TPSA) is 26.3 Å². The van der Waals surface area contributed by atoms with Gasteiger partial charge in [-0.3, -0.25) is 4.79 Å². The van der Waals surface area contributed by atoms with Gasteiger partial charge in [0.05, 0.1) is 0 Å². The predicted octanol–water partition coefficient (Wildman–Crippen LogP) is 1.98. The molecule has 4 heteroatoms. The molecule has 0 aromatic rings. The van der Waals surface area contributed by atoms with Crippen LogP contribution < -0.4 is 0 Å². The molecule has 0 fully saturated rings. The maximum absolute atomic E-state index is 10.4. The van der Waals surface area contributed by atoms with Crippen molar-refractivity contribution in [1.82, 2.24) is 0 Å². The van der Waals surface area contributed by atoms with Gasteiger partial charge in [0.2, 0.25) is 0 Å². The summed E-state index contributed by atoms with van der Waals surface area (Å²) in [6.45, 7) is 4.98. The largest absolute Gasteiger partial charge is 0.451 e. The fourth-order valence-electron chi connectivity index (χ4n) is 0.491. The van der Waals surface area contributed by atoms with Crippen molar-refractivity contribution in [1.29, 1.82) is 0 Å². The first-order chi connectivity index (χ1) is 4.52. The lowest BCUT2D eigenvalue weighted by molar-refractivity contribution is -0.141. The molecular formula is C6H10O2S2. The van der Waals surface area contributed by atoms with Crippen LogP contribution in [0.5, 0.6) is 0 Å². The summed E-state index contributed by atoms with van der Waals surface area (Å²) in [6.07, 6.45) is 0. The van der Waals surface area contributed by atoms with Gasteiger partial charge >= 0.3 is 5.97 Å². The molecule has 0 heterocycles. The van der Waals surface area contributed by atoms with Crippen LogP contribution >= 0.6 is 24.0 Å². The lowest BCUT2D eigenvalue weighted by atomic mass is 10.8. The number of hydrogen-bond donors (Lipinski definition) is 0. The number of thioether (sulfide) groups is 1. The Bertz CT molecular complexity index is 129. The van der Waals surface area contributed by atoms with Crippen molar-refractivity contribution >= 4 is 34.1 Å². The van der Waals surface area contributed by atoms with Crippen LogP contribution in [0.1, 0.15) is 20.8 Å². The molecule has 0 aliphatic carbocycles. The number of carbonyl (C=O) groups excluding carboxylic acids is 1. The van der Waals surface area contributed by atoms with Crippen molar-refractivity contribution < 1.29 is 9.53 Å². The molecule has 0 spiro atoms. The zero-order valence-corrected chi connectivity index (χ0v) is 7.84. The Kier molecular flexibility index (Phi) is 4.64. The molecule has 0 radical (unpaired) electrons. The second-order valence-corrected chi connectivity index (χ2v) is 4.17. The predicted molar refractivity (Wildman–Crippen MR) is 47.1 cm³/mol. The average Bonchev–Trinajstić information content (AvgIpc) is 1.58. The first-order valence-electron chi connectivity index (χ1n) is 2.87. The molecule has 0 rings (SSSR count). The van der Waals surface area contributed by atoms with Gasteiger partial charge in [-0.05, 0) is 13.8 Å². The smallest absolute Gasteiger partial charge is 0.303 e. The van der Waals surface area contributed by atoms with Crippen LogP contribution in [0.2, 0.25) is 0 Å². The van der Waals surface area contributed by atoms with E-state index in [-0.39, 0.29) is 11.4 Å². The molecule has 58 valence electrons.